The van der Waals surface area contributed by atoms with Crippen LogP contribution in [0.1, 0.15) is 74.2 Å². The summed E-state index contributed by atoms with van der Waals surface area (Å²) in [7, 11) is 0. The van der Waals surface area contributed by atoms with Crippen molar-refractivity contribution in [1.29, 1.82) is 0 Å². The number of hydrogen-bond acceptors (Lipinski definition) is 7. The fourth-order valence-corrected chi connectivity index (χ4v) is 8.04. The minimum absolute atomic E-state index is 0.117. The summed E-state index contributed by atoms with van der Waals surface area (Å²) in [6.45, 7) is 7.44. The summed E-state index contributed by atoms with van der Waals surface area (Å²) >= 11 is 0. The number of benzene rings is 1. The van der Waals surface area contributed by atoms with E-state index in [1.165, 1.54) is 6.42 Å². The molecule has 7 rings (SSSR count). The van der Waals surface area contributed by atoms with Crippen molar-refractivity contribution in [2.75, 3.05) is 39.4 Å². The number of fused-ring (bicyclic) bond motifs is 1. The SMILES string of the molecule is CC1(C(=O)N2CCC(C3CN([C@H]4CCCC[C@@H]4Oc4ccc5c(c4)CN(C4CCC(=O)NC4=O)C5=O)C3)CC2)COC1. The molecule has 1 aromatic rings. The molecule has 1 aromatic carbocycles. The largest absolute Gasteiger partial charge is 0.489 e. The fraction of sp³-hybridized carbons (Fsp3) is 0.688. The monoisotopic (exact) mass is 578 g/mol. The van der Waals surface area contributed by atoms with Gasteiger partial charge in [0.15, 0.2) is 0 Å². The summed E-state index contributed by atoms with van der Waals surface area (Å²) in [4.78, 5) is 56.2. The van der Waals surface area contributed by atoms with E-state index in [2.05, 4.69) is 15.1 Å². The Morgan fingerprint density at radius 3 is 2.48 bits per heavy atom. The highest BCUT2D eigenvalue weighted by Crippen LogP contribution is 2.39. The van der Waals surface area contributed by atoms with Crippen LogP contribution in [0, 0.1) is 17.3 Å². The van der Waals surface area contributed by atoms with E-state index in [-0.39, 0.29) is 41.6 Å². The van der Waals surface area contributed by atoms with Crippen LogP contribution < -0.4 is 10.1 Å². The van der Waals surface area contributed by atoms with E-state index in [1.54, 1.807) is 4.90 Å². The lowest BCUT2D eigenvalue weighted by Crippen LogP contribution is -2.61. The van der Waals surface area contributed by atoms with Gasteiger partial charge in [0.05, 0.1) is 18.6 Å². The quantitative estimate of drug-likeness (QED) is 0.517. The number of nitrogens with zero attached hydrogens (tertiary/aromatic N) is 3. The Kier molecular flexibility index (Phi) is 7.25. The van der Waals surface area contributed by atoms with Crippen LogP contribution in [0.25, 0.3) is 0 Å². The summed E-state index contributed by atoms with van der Waals surface area (Å²) in [5, 5.41) is 2.36. The molecular weight excluding hydrogens is 536 g/mol. The van der Waals surface area contributed by atoms with Gasteiger partial charge in [-0.3, -0.25) is 29.4 Å². The average Bonchev–Trinajstić information content (AvgIpc) is 3.27. The molecule has 4 amide bonds. The van der Waals surface area contributed by atoms with E-state index < -0.39 is 6.04 Å². The van der Waals surface area contributed by atoms with E-state index in [0.29, 0.717) is 49.6 Å². The molecule has 10 heteroatoms. The van der Waals surface area contributed by atoms with Crippen LogP contribution in [0.4, 0.5) is 0 Å². The van der Waals surface area contributed by atoms with Crippen molar-refractivity contribution in [3.05, 3.63) is 29.3 Å². The van der Waals surface area contributed by atoms with E-state index in [1.807, 2.05) is 25.1 Å². The predicted octanol–water partition coefficient (Wildman–Crippen LogP) is 2.34. The number of carbonyl (C=O) groups excluding carboxylic acids is 4. The molecule has 6 aliphatic rings. The Hall–Kier alpha value is -2.98. The first-order valence-corrected chi connectivity index (χ1v) is 15.8. The van der Waals surface area contributed by atoms with Crippen LogP contribution in [0.5, 0.6) is 5.75 Å². The molecule has 10 nitrogen and oxygen atoms in total. The highest BCUT2D eigenvalue weighted by molar-refractivity contribution is 6.05. The number of amides is 4. The molecule has 226 valence electrons. The van der Waals surface area contributed by atoms with Crippen LogP contribution in [0.3, 0.4) is 0 Å². The van der Waals surface area contributed by atoms with Crippen molar-refractivity contribution in [3.8, 4) is 5.75 Å². The molecule has 4 saturated heterocycles. The molecule has 1 unspecified atom stereocenters. The van der Waals surface area contributed by atoms with E-state index in [9.17, 15) is 19.2 Å². The lowest BCUT2D eigenvalue weighted by molar-refractivity contribution is -0.170. The third-order valence-electron chi connectivity index (χ3n) is 10.7. The normalized spacial score (nSPS) is 30.4. The second kappa shape index (κ2) is 10.9. The summed E-state index contributed by atoms with van der Waals surface area (Å²) in [5.74, 6) is 1.59. The Morgan fingerprint density at radius 1 is 1.00 bits per heavy atom. The zero-order valence-corrected chi connectivity index (χ0v) is 24.5. The smallest absolute Gasteiger partial charge is 0.255 e. The molecule has 0 aromatic heterocycles. The number of likely N-dealkylation sites (tertiary alicyclic amines) is 2. The molecule has 1 saturated carbocycles. The van der Waals surface area contributed by atoms with Gasteiger partial charge in [-0.2, -0.15) is 0 Å². The number of rotatable bonds is 6. The number of piperidine rings is 2. The molecule has 0 spiro atoms. The molecule has 5 fully saturated rings. The topological polar surface area (TPSA) is 108 Å². The standard InChI is InChI=1S/C32H42N4O6/c1-32(18-41-19-32)31(40)34-12-10-20(11-13-34)22-15-35(16-22)25-4-2-3-5-27(25)42-23-6-7-24-21(14-23)17-36(30(24)39)26-8-9-28(37)33-29(26)38/h6-7,14,20,22,25-27H,2-5,8-13,15-19H2,1H3,(H,33,37,38)/t25-,26?,27-/m0/s1. The van der Waals surface area contributed by atoms with Gasteiger partial charge in [-0.1, -0.05) is 6.42 Å². The van der Waals surface area contributed by atoms with Crippen LogP contribution in [0.2, 0.25) is 0 Å². The molecule has 0 radical (unpaired) electrons. The van der Waals surface area contributed by atoms with Crippen LogP contribution in [-0.4, -0.2) is 95.9 Å². The zero-order valence-electron chi connectivity index (χ0n) is 24.5. The molecule has 42 heavy (non-hydrogen) atoms. The molecule has 3 atom stereocenters. The first kappa shape index (κ1) is 27.8. The first-order chi connectivity index (χ1) is 20.3. The van der Waals surface area contributed by atoms with Gasteiger partial charge in [-0.25, -0.2) is 0 Å². The highest BCUT2D eigenvalue weighted by Gasteiger charge is 2.46. The number of ether oxygens (including phenoxy) is 2. The van der Waals surface area contributed by atoms with Gasteiger partial charge in [0.25, 0.3) is 5.91 Å². The highest BCUT2D eigenvalue weighted by atomic mass is 16.5. The third kappa shape index (κ3) is 5.00. The van der Waals surface area contributed by atoms with Crippen molar-refractivity contribution < 1.29 is 28.7 Å². The molecular formula is C32H42N4O6. The third-order valence-corrected chi connectivity index (χ3v) is 10.7. The lowest BCUT2D eigenvalue weighted by Gasteiger charge is -2.52. The van der Waals surface area contributed by atoms with Crippen molar-refractivity contribution in [3.63, 3.8) is 0 Å². The molecule has 0 bridgehead atoms. The maximum absolute atomic E-state index is 13.1. The van der Waals surface area contributed by atoms with Crippen LogP contribution in [0.15, 0.2) is 18.2 Å². The van der Waals surface area contributed by atoms with Gasteiger partial charge in [0, 0.05) is 50.7 Å². The van der Waals surface area contributed by atoms with Crippen molar-refractivity contribution in [2.45, 2.75) is 83.0 Å². The number of imide groups is 1. The maximum Gasteiger partial charge on any atom is 0.255 e. The summed E-state index contributed by atoms with van der Waals surface area (Å²) in [6, 6.07) is 5.47. The second-order valence-electron chi connectivity index (χ2n) is 13.6. The molecule has 1 N–H and O–H groups in total. The van der Waals surface area contributed by atoms with E-state index >= 15 is 0 Å². The number of nitrogens with one attached hydrogen (secondary N) is 1. The van der Waals surface area contributed by atoms with Crippen molar-refractivity contribution >= 4 is 23.6 Å². The predicted molar refractivity (Wildman–Crippen MR) is 152 cm³/mol. The van der Waals surface area contributed by atoms with Gasteiger partial charge in [0.1, 0.15) is 17.9 Å². The molecule has 5 aliphatic heterocycles. The first-order valence-electron chi connectivity index (χ1n) is 15.8. The van der Waals surface area contributed by atoms with Crippen molar-refractivity contribution in [2.24, 2.45) is 17.3 Å². The Morgan fingerprint density at radius 2 is 1.76 bits per heavy atom. The average molecular weight is 579 g/mol. The molecule has 1 aliphatic carbocycles. The van der Waals surface area contributed by atoms with Gasteiger partial charge in [-0.15, -0.1) is 0 Å². The van der Waals surface area contributed by atoms with Crippen LogP contribution >= 0.6 is 0 Å². The van der Waals surface area contributed by atoms with E-state index in [0.717, 1.165) is 69.6 Å². The summed E-state index contributed by atoms with van der Waals surface area (Å²) in [6.07, 6.45) is 7.44. The van der Waals surface area contributed by atoms with Crippen molar-refractivity contribution in [1.82, 2.24) is 20.0 Å². The van der Waals surface area contributed by atoms with Gasteiger partial charge in [0.2, 0.25) is 17.7 Å². The summed E-state index contributed by atoms with van der Waals surface area (Å²) in [5.41, 5.74) is 1.18. The van der Waals surface area contributed by atoms with Crippen LogP contribution in [-0.2, 0) is 25.7 Å². The zero-order chi connectivity index (χ0) is 29.0. The molecule has 5 heterocycles. The maximum atomic E-state index is 13.1. The number of carbonyl (C=O) groups is 4. The number of hydrogen-bond donors (Lipinski definition) is 1. The minimum Gasteiger partial charge on any atom is -0.489 e. The Labute approximate surface area is 247 Å². The fourth-order valence-electron chi connectivity index (χ4n) is 8.04. The minimum atomic E-state index is -0.609. The van der Waals surface area contributed by atoms with Gasteiger partial charge < -0.3 is 19.3 Å². The Bertz CT molecular complexity index is 1270. The summed E-state index contributed by atoms with van der Waals surface area (Å²) < 4.78 is 11.9. The van der Waals surface area contributed by atoms with Gasteiger partial charge in [-0.05, 0) is 81.0 Å². The Balaban J connectivity index is 0.932. The second-order valence-corrected chi connectivity index (χ2v) is 13.6. The van der Waals surface area contributed by atoms with E-state index in [4.69, 9.17) is 9.47 Å². The van der Waals surface area contributed by atoms with Gasteiger partial charge >= 0.3 is 0 Å². The lowest BCUT2D eigenvalue weighted by atomic mass is 9.77.